The van der Waals surface area contributed by atoms with Crippen LogP contribution in [0.15, 0.2) is 16.7 Å². The van der Waals surface area contributed by atoms with E-state index in [1.165, 1.54) is 11.2 Å². The largest absolute Gasteiger partial charge is 0.480 e. The summed E-state index contributed by atoms with van der Waals surface area (Å²) in [5.41, 5.74) is 0.715. The number of aliphatic carboxylic acids is 1. The Morgan fingerprint density at radius 3 is 2.71 bits per heavy atom. The predicted molar refractivity (Wildman–Crippen MR) is 83.1 cm³/mol. The minimum atomic E-state index is -3.70. The second-order valence-electron chi connectivity index (χ2n) is 5.63. The molecule has 9 nitrogen and oxygen atoms in total. The van der Waals surface area contributed by atoms with Crippen LogP contribution in [-0.4, -0.2) is 79.8 Å². The van der Waals surface area contributed by atoms with Gasteiger partial charge in [0.05, 0.1) is 25.2 Å². The van der Waals surface area contributed by atoms with E-state index < -0.39 is 28.6 Å². The second kappa shape index (κ2) is 7.32. The molecular weight excluding hydrogens is 340 g/mol. The van der Waals surface area contributed by atoms with Gasteiger partial charge >= 0.3 is 5.97 Å². The molecule has 1 aliphatic rings. The summed E-state index contributed by atoms with van der Waals surface area (Å²) < 4.78 is 34.9. The molecule has 0 radical (unpaired) electrons. The maximum atomic E-state index is 12.4. The Hall–Kier alpha value is -1.91. The molecule has 2 heterocycles. The first-order chi connectivity index (χ1) is 11.2. The highest BCUT2D eigenvalue weighted by molar-refractivity contribution is 7.88. The van der Waals surface area contributed by atoms with Crippen LogP contribution >= 0.6 is 0 Å². The molecule has 1 N–H and O–H groups in total. The molecule has 1 amide bonds. The number of hydrogen-bond donors (Lipinski definition) is 1. The van der Waals surface area contributed by atoms with Crippen LogP contribution in [0.3, 0.4) is 0 Å². The van der Waals surface area contributed by atoms with E-state index in [0.29, 0.717) is 12.1 Å². The molecule has 0 bridgehead atoms. The number of aryl methyl sites for hydroxylation is 1. The molecule has 1 atom stereocenters. The van der Waals surface area contributed by atoms with Crippen molar-refractivity contribution in [1.29, 1.82) is 0 Å². The van der Waals surface area contributed by atoms with Gasteiger partial charge in [0.15, 0.2) is 5.76 Å². The number of morpholine rings is 1. The van der Waals surface area contributed by atoms with Crippen molar-refractivity contribution in [1.82, 2.24) is 9.21 Å². The summed E-state index contributed by atoms with van der Waals surface area (Å²) in [5.74, 6) is -1.31. The minimum Gasteiger partial charge on any atom is -0.480 e. The Morgan fingerprint density at radius 1 is 1.46 bits per heavy atom. The van der Waals surface area contributed by atoms with Crippen LogP contribution in [0.1, 0.15) is 16.1 Å². The van der Waals surface area contributed by atoms with E-state index in [4.69, 9.17) is 14.3 Å². The van der Waals surface area contributed by atoms with Crippen molar-refractivity contribution >= 4 is 21.9 Å². The number of carboxylic acid groups (broad SMARTS) is 1. The number of nitrogens with zero attached hydrogens (tertiary/aromatic N) is 2. The number of amides is 1. The van der Waals surface area contributed by atoms with Crippen LogP contribution in [0.2, 0.25) is 0 Å². The molecule has 0 spiro atoms. The highest BCUT2D eigenvalue weighted by Gasteiger charge is 2.31. The van der Waals surface area contributed by atoms with E-state index >= 15 is 0 Å². The molecule has 0 aliphatic carbocycles. The number of rotatable bonds is 6. The maximum absolute atomic E-state index is 12.4. The Morgan fingerprint density at radius 2 is 2.17 bits per heavy atom. The monoisotopic (exact) mass is 360 g/mol. The van der Waals surface area contributed by atoms with Gasteiger partial charge in [-0.3, -0.25) is 9.59 Å². The molecular formula is C14H20N2O7S. The third-order valence-electron chi connectivity index (χ3n) is 3.67. The topological polar surface area (TPSA) is 117 Å². The first-order valence-corrected chi connectivity index (χ1v) is 9.15. The lowest BCUT2D eigenvalue weighted by Gasteiger charge is -2.34. The summed E-state index contributed by atoms with van der Waals surface area (Å²) in [7, 11) is -3.70. The van der Waals surface area contributed by atoms with Crippen LogP contribution in [-0.2, 0) is 19.6 Å². The Balaban J connectivity index is 2.05. The lowest BCUT2D eigenvalue weighted by atomic mass is 10.2. The van der Waals surface area contributed by atoms with Crippen LogP contribution in [0.5, 0.6) is 0 Å². The zero-order chi connectivity index (χ0) is 17.9. The highest BCUT2D eigenvalue weighted by atomic mass is 32.2. The van der Waals surface area contributed by atoms with Gasteiger partial charge in [-0.25, -0.2) is 8.42 Å². The number of sulfonamides is 1. The van der Waals surface area contributed by atoms with E-state index in [2.05, 4.69) is 0 Å². The predicted octanol–water partition coefficient (Wildman–Crippen LogP) is -0.225. The summed E-state index contributed by atoms with van der Waals surface area (Å²) in [4.78, 5) is 24.8. The minimum absolute atomic E-state index is 0.133. The van der Waals surface area contributed by atoms with E-state index in [0.717, 1.165) is 10.6 Å². The average Bonchev–Trinajstić information content (AvgIpc) is 2.91. The molecule has 24 heavy (non-hydrogen) atoms. The smallest absolute Gasteiger partial charge is 0.318 e. The SMILES string of the molecule is Cc1ccoc1C(=O)N1CCOC(CN(CC(=O)O)S(C)(=O)=O)C1. The Labute approximate surface area is 139 Å². The number of carboxylic acids is 1. The van der Waals surface area contributed by atoms with Crippen molar-refractivity contribution in [3.8, 4) is 0 Å². The fourth-order valence-electron chi connectivity index (χ4n) is 2.44. The van der Waals surface area contributed by atoms with E-state index in [1.54, 1.807) is 13.0 Å². The van der Waals surface area contributed by atoms with E-state index in [9.17, 15) is 18.0 Å². The quantitative estimate of drug-likeness (QED) is 0.745. The molecule has 1 aromatic rings. The van der Waals surface area contributed by atoms with Crippen LogP contribution in [0, 0.1) is 6.92 Å². The number of carbonyl (C=O) groups is 2. The van der Waals surface area contributed by atoms with Gasteiger partial charge < -0.3 is 19.2 Å². The summed E-state index contributed by atoms with van der Waals surface area (Å²) in [6, 6.07) is 1.68. The van der Waals surface area contributed by atoms with Gasteiger partial charge in [0.25, 0.3) is 5.91 Å². The normalized spacial score (nSPS) is 18.8. The molecule has 0 aromatic carbocycles. The van der Waals surface area contributed by atoms with Gasteiger partial charge in [0.1, 0.15) is 6.54 Å². The van der Waals surface area contributed by atoms with Gasteiger partial charge in [0.2, 0.25) is 10.0 Å². The van der Waals surface area contributed by atoms with Crippen molar-refractivity contribution < 1.29 is 32.3 Å². The number of hydrogen-bond acceptors (Lipinski definition) is 6. The third-order valence-corrected chi connectivity index (χ3v) is 4.89. The second-order valence-corrected chi connectivity index (χ2v) is 7.61. The van der Waals surface area contributed by atoms with Crippen molar-refractivity contribution in [2.75, 3.05) is 39.0 Å². The molecule has 2 rings (SSSR count). The molecule has 1 saturated heterocycles. The van der Waals surface area contributed by atoms with Crippen LogP contribution < -0.4 is 0 Å². The fraction of sp³-hybridized carbons (Fsp3) is 0.571. The zero-order valence-corrected chi connectivity index (χ0v) is 14.3. The van der Waals surface area contributed by atoms with E-state index in [-0.39, 0.29) is 31.4 Å². The van der Waals surface area contributed by atoms with Crippen LogP contribution in [0.4, 0.5) is 0 Å². The standard InChI is InChI=1S/C14H20N2O7S/c1-10-3-5-23-13(10)14(19)15-4-6-22-11(7-15)8-16(9-12(17)18)24(2,20)21/h3,5,11H,4,6-9H2,1-2H3,(H,17,18). The van der Waals surface area contributed by atoms with E-state index in [1.807, 2.05) is 0 Å². The summed E-state index contributed by atoms with van der Waals surface area (Å²) in [6.07, 6.45) is 1.76. The first kappa shape index (κ1) is 18.4. The van der Waals surface area contributed by atoms with Crippen molar-refractivity contribution in [2.45, 2.75) is 13.0 Å². The van der Waals surface area contributed by atoms with Gasteiger partial charge in [-0.05, 0) is 13.0 Å². The molecule has 1 aliphatic heterocycles. The molecule has 1 fully saturated rings. The Kier molecular flexibility index (Phi) is 5.62. The molecule has 10 heteroatoms. The molecule has 134 valence electrons. The molecule has 1 unspecified atom stereocenters. The third kappa shape index (κ3) is 4.56. The first-order valence-electron chi connectivity index (χ1n) is 7.30. The van der Waals surface area contributed by atoms with Gasteiger partial charge in [-0.1, -0.05) is 0 Å². The summed E-state index contributed by atoms with van der Waals surface area (Å²) in [6.45, 7) is 1.72. The number of ether oxygens (including phenoxy) is 1. The molecule has 1 aromatic heterocycles. The summed E-state index contributed by atoms with van der Waals surface area (Å²) >= 11 is 0. The molecule has 0 saturated carbocycles. The summed E-state index contributed by atoms with van der Waals surface area (Å²) in [5, 5.41) is 8.85. The highest BCUT2D eigenvalue weighted by Crippen LogP contribution is 2.16. The zero-order valence-electron chi connectivity index (χ0n) is 13.5. The van der Waals surface area contributed by atoms with Crippen LogP contribution in [0.25, 0.3) is 0 Å². The Bertz CT molecular complexity index is 712. The lowest BCUT2D eigenvalue weighted by molar-refractivity contribution is -0.137. The average molecular weight is 360 g/mol. The lowest BCUT2D eigenvalue weighted by Crippen LogP contribution is -2.51. The van der Waals surface area contributed by atoms with Gasteiger partial charge in [-0.2, -0.15) is 4.31 Å². The maximum Gasteiger partial charge on any atom is 0.318 e. The fourth-order valence-corrected chi connectivity index (χ4v) is 3.23. The van der Waals surface area contributed by atoms with Crippen molar-refractivity contribution in [3.05, 3.63) is 23.7 Å². The van der Waals surface area contributed by atoms with Gasteiger partial charge in [0, 0.05) is 25.2 Å². The van der Waals surface area contributed by atoms with Crippen molar-refractivity contribution in [2.24, 2.45) is 0 Å². The van der Waals surface area contributed by atoms with Crippen molar-refractivity contribution in [3.63, 3.8) is 0 Å². The number of carbonyl (C=O) groups excluding carboxylic acids is 1. The van der Waals surface area contributed by atoms with Gasteiger partial charge in [-0.15, -0.1) is 0 Å². The number of furan rings is 1.